The van der Waals surface area contributed by atoms with Crippen LogP contribution in [-0.4, -0.2) is 32.3 Å². The van der Waals surface area contributed by atoms with E-state index in [0.29, 0.717) is 35.8 Å². The number of fused-ring (bicyclic) bond motifs is 2. The van der Waals surface area contributed by atoms with Gasteiger partial charge in [-0.25, -0.2) is 4.79 Å². The maximum Gasteiger partial charge on any atom is 0.333 e. The highest BCUT2D eigenvalue weighted by Gasteiger charge is 2.31. The van der Waals surface area contributed by atoms with Gasteiger partial charge in [0.1, 0.15) is 29.4 Å². The number of ether oxygens (including phenoxy) is 3. The molecule has 0 spiro atoms. The zero-order valence-corrected chi connectivity index (χ0v) is 16.7. The number of carbonyl (C=O) groups is 1. The van der Waals surface area contributed by atoms with Crippen molar-refractivity contribution >= 4 is 11.5 Å². The minimum Gasteiger partial charge on any atom is -0.493 e. The molecule has 150 valence electrons. The molecule has 1 aliphatic carbocycles. The maximum absolute atomic E-state index is 11.4. The van der Waals surface area contributed by atoms with E-state index >= 15 is 0 Å². The molecule has 1 atom stereocenters. The smallest absolute Gasteiger partial charge is 0.333 e. The third-order valence-electron chi connectivity index (χ3n) is 4.64. The van der Waals surface area contributed by atoms with Crippen molar-refractivity contribution in [1.82, 2.24) is 5.32 Å². The van der Waals surface area contributed by atoms with Gasteiger partial charge in [0.05, 0.1) is 13.2 Å². The number of carbonyl (C=O) groups excluding carboxylic acids is 1. The number of esters is 1. The third kappa shape index (κ3) is 4.52. The summed E-state index contributed by atoms with van der Waals surface area (Å²) in [4.78, 5) is 11.4. The van der Waals surface area contributed by atoms with Crippen LogP contribution < -0.4 is 14.8 Å². The van der Waals surface area contributed by atoms with Gasteiger partial charge in [-0.2, -0.15) is 5.26 Å². The number of hydrogen-bond acceptors (Lipinski definition) is 6. The van der Waals surface area contributed by atoms with Crippen LogP contribution >= 0.6 is 0 Å². The Morgan fingerprint density at radius 1 is 1.41 bits per heavy atom. The van der Waals surface area contributed by atoms with Gasteiger partial charge in [0.25, 0.3) is 0 Å². The fourth-order valence-electron chi connectivity index (χ4n) is 3.22. The van der Waals surface area contributed by atoms with Crippen molar-refractivity contribution in [3.63, 3.8) is 0 Å². The first-order valence-electron chi connectivity index (χ1n) is 9.51. The van der Waals surface area contributed by atoms with Gasteiger partial charge < -0.3 is 19.5 Å². The van der Waals surface area contributed by atoms with Crippen LogP contribution in [0, 0.1) is 11.3 Å². The van der Waals surface area contributed by atoms with E-state index in [1.165, 1.54) is 0 Å². The first-order chi connectivity index (χ1) is 14.0. The summed E-state index contributed by atoms with van der Waals surface area (Å²) in [5.74, 6) is 0.956. The number of nitrogens with zero attached hydrogens (tertiary/aromatic N) is 1. The van der Waals surface area contributed by atoms with Crippen molar-refractivity contribution < 1.29 is 19.0 Å². The summed E-state index contributed by atoms with van der Waals surface area (Å²) in [5.41, 5.74) is 3.61. The number of nitrogens with one attached hydrogen (secondary N) is 1. The van der Waals surface area contributed by atoms with Crippen LogP contribution in [0.15, 0.2) is 59.8 Å². The highest BCUT2D eigenvalue weighted by molar-refractivity contribution is 5.89. The van der Waals surface area contributed by atoms with E-state index in [-0.39, 0.29) is 12.7 Å². The molecule has 0 aromatic heterocycles. The highest BCUT2D eigenvalue weighted by atomic mass is 16.5. The van der Waals surface area contributed by atoms with Gasteiger partial charge in [-0.3, -0.25) is 0 Å². The molecule has 6 heteroatoms. The van der Waals surface area contributed by atoms with Crippen LogP contribution in [0.1, 0.15) is 25.3 Å². The van der Waals surface area contributed by atoms with E-state index in [4.69, 9.17) is 14.2 Å². The van der Waals surface area contributed by atoms with E-state index in [0.717, 1.165) is 23.1 Å². The largest absolute Gasteiger partial charge is 0.493 e. The molecule has 2 aliphatic rings. The zero-order valence-electron chi connectivity index (χ0n) is 16.7. The molecule has 1 N–H and O–H groups in total. The van der Waals surface area contributed by atoms with Crippen LogP contribution in [0.2, 0.25) is 0 Å². The van der Waals surface area contributed by atoms with Gasteiger partial charge in [0.15, 0.2) is 0 Å². The highest BCUT2D eigenvalue weighted by Crippen LogP contribution is 2.44. The molecular weight excluding hydrogens is 368 g/mol. The van der Waals surface area contributed by atoms with Crippen LogP contribution in [0.3, 0.4) is 0 Å². The first-order valence-corrected chi connectivity index (χ1v) is 9.51. The first kappa shape index (κ1) is 20.3. The molecule has 1 aromatic carbocycles. The van der Waals surface area contributed by atoms with E-state index in [9.17, 15) is 10.1 Å². The van der Waals surface area contributed by atoms with Crippen molar-refractivity contribution in [1.29, 1.82) is 5.26 Å². The van der Waals surface area contributed by atoms with Gasteiger partial charge in [0.2, 0.25) is 0 Å². The number of hydrogen-bond donors (Lipinski definition) is 1. The number of benzene rings is 1. The van der Waals surface area contributed by atoms with E-state index in [1.54, 1.807) is 14.0 Å². The predicted molar refractivity (Wildman–Crippen MR) is 110 cm³/mol. The normalized spacial score (nSPS) is 18.2. The Kier molecular flexibility index (Phi) is 6.40. The lowest BCUT2D eigenvalue weighted by Gasteiger charge is -2.32. The van der Waals surface area contributed by atoms with Gasteiger partial charge in [0, 0.05) is 48.2 Å². The van der Waals surface area contributed by atoms with Gasteiger partial charge >= 0.3 is 5.97 Å². The average Bonchev–Trinajstić information content (AvgIpc) is 2.73. The molecule has 1 heterocycles. The second-order valence-electron chi connectivity index (χ2n) is 6.78. The van der Waals surface area contributed by atoms with E-state index in [1.807, 2.05) is 30.4 Å². The van der Waals surface area contributed by atoms with Gasteiger partial charge in [-0.05, 0) is 19.1 Å². The van der Waals surface area contributed by atoms with Crippen molar-refractivity contribution in [3.8, 4) is 17.6 Å². The second-order valence-corrected chi connectivity index (χ2v) is 6.78. The summed E-state index contributed by atoms with van der Waals surface area (Å²) in [7, 11) is 1.74. The molecule has 1 aliphatic heterocycles. The van der Waals surface area contributed by atoms with Crippen molar-refractivity contribution in [3.05, 3.63) is 65.4 Å². The van der Waals surface area contributed by atoms with E-state index in [2.05, 4.69) is 24.0 Å². The molecule has 0 saturated carbocycles. The number of rotatable bonds is 7. The van der Waals surface area contributed by atoms with Gasteiger partial charge in [-0.1, -0.05) is 24.8 Å². The Bertz CT molecular complexity index is 950. The Labute approximate surface area is 170 Å². The molecule has 0 radical (unpaired) electrons. The molecular formula is C23H24N2O4. The van der Waals surface area contributed by atoms with Crippen LogP contribution in [0.25, 0.3) is 5.57 Å². The number of allylic oxidation sites excluding steroid dienone is 3. The summed E-state index contributed by atoms with van der Waals surface area (Å²) >= 11 is 0. The molecule has 0 amide bonds. The number of nitriles is 1. The van der Waals surface area contributed by atoms with Crippen molar-refractivity contribution in [2.45, 2.75) is 25.9 Å². The summed E-state index contributed by atoms with van der Waals surface area (Å²) in [6.45, 7) is 5.84. The predicted octanol–water partition coefficient (Wildman–Crippen LogP) is 3.68. The summed E-state index contributed by atoms with van der Waals surface area (Å²) in [6, 6.07) is 7.85. The van der Waals surface area contributed by atoms with Crippen LogP contribution in [0.5, 0.6) is 11.5 Å². The van der Waals surface area contributed by atoms with Crippen LogP contribution in [-0.2, 0) is 9.53 Å². The molecule has 1 aromatic rings. The third-order valence-corrected chi connectivity index (χ3v) is 4.64. The Morgan fingerprint density at radius 3 is 2.97 bits per heavy atom. The summed E-state index contributed by atoms with van der Waals surface area (Å²) in [6.07, 6.45) is 7.23. The fourth-order valence-corrected chi connectivity index (χ4v) is 3.22. The molecule has 3 rings (SSSR count). The van der Waals surface area contributed by atoms with E-state index < -0.39 is 5.97 Å². The van der Waals surface area contributed by atoms with Crippen molar-refractivity contribution in [2.75, 3.05) is 20.3 Å². The molecule has 0 saturated heterocycles. The summed E-state index contributed by atoms with van der Waals surface area (Å²) < 4.78 is 17.0. The fraction of sp³-hybridized carbons (Fsp3) is 0.304. The molecule has 0 bridgehead atoms. The molecule has 29 heavy (non-hydrogen) atoms. The second kappa shape index (κ2) is 9.16. The summed E-state index contributed by atoms with van der Waals surface area (Å²) in [5, 5.41) is 12.6. The lowest BCUT2D eigenvalue weighted by atomic mass is 9.85. The minimum atomic E-state index is -0.394. The Balaban J connectivity index is 1.74. The van der Waals surface area contributed by atoms with Crippen LogP contribution in [0.4, 0.5) is 0 Å². The molecule has 1 unspecified atom stereocenters. The zero-order chi connectivity index (χ0) is 20.8. The Morgan fingerprint density at radius 2 is 2.24 bits per heavy atom. The standard InChI is InChI=1S/C23H24N2O4/c1-15(2)23(26)28-12-6-11-27-16-9-10-18-21(13-16)29-20-8-5-4-7-17(20)22(18)19(14-24)25-3/h4-5,7,9-10,13,20,25H,1,6,8,11-12H2,2-3H3/b22-19-. The monoisotopic (exact) mass is 392 g/mol. The van der Waals surface area contributed by atoms with Gasteiger partial charge in [-0.15, -0.1) is 0 Å². The molecule has 0 fully saturated rings. The lowest BCUT2D eigenvalue weighted by molar-refractivity contribution is -0.139. The van der Waals surface area contributed by atoms with Crippen molar-refractivity contribution in [2.24, 2.45) is 0 Å². The quantitative estimate of drug-likeness (QED) is 0.330. The lowest BCUT2D eigenvalue weighted by Crippen LogP contribution is -2.27. The average molecular weight is 392 g/mol. The Hall–Kier alpha value is -3.46. The topological polar surface area (TPSA) is 80.6 Å². The molecule has 6 nitrogen and oxygen atoms in total. The maximum atomic E-state index is 11.4. The minimum absolute atomic E-state index is 0.129. The SMILES string of the molecule is C=C(C)C(=O)OCCCOc1ccc2c(c1)OC1CC=CC=C1/C2=C(\C#N)NC.